The van der Waals surface area contributed by atoms with E-state index in [1.54, 1.807) is 0 Å². The first-order chi connectivity index (χ1) is 9.42. The van der Waals surface area contributed by atoms with Crippen molar-refractivity contribution in [1.29, 1.82) is 0 Å². The van der Waals surface area contributed by atoms with Crippen LogP contribution in [-0.2, 0) is 15.1 Å². The highest BCUT2D eigenvalue weighted by molar-refractivity contribution is 5.88. The SMILES string of the molecule is Cc1cccc2c3c([nH]c12)C(C)(CC(=O)O)OCC3C. The van der Waals surface area contributed by atoms with E-state index in [2.05, 4.69) is 31.0 Å². The molecule has 2 aromatic rings. The highest BCUT2D eigenvalue weighted by Crippen LogP contribution is 2.43. The van der Waals surface area contributed by atoms with E-state index >= 15 is 0 Å². The molecule has 106 valence electrons. The second-order valence-corrected chi connectivity index (χ2v) is 5.92. The van der Waals surface area contributed by atoms with Gasteiger partial charge in [-0.05, 0) is 25.0 Å². The fourth-order valence-corrected chi connectivity index (χ4v) is 3.21. The van der Waals surface area contributed by atoms with Crippen molar-refractivity contribution in [2.75, 3.05) is 6.61 Å². The molecule has 3 rings (SSSR count). The molecule has 0 saturated carbocycles. The number of aliphatic carboxylic acids is 1. The smallest absolute Gasteiger partial charge is 0.306 e. The van der Waals surface area contributed by atoms with Gasteiger partial charge in [0, 0.05) is 16.8 Å². The number of aromatic nitrogens is 1. The van der Waals surface area contributed by atoms with Gasteiger partial charge >= 0.3 is 5.97 Å². The van der Waals surface area contributed by atoms with Crippen LogP contribution in [0.3, 0.4) is 0 Å². The maximum absolute atomic E-state index is 11.2. The molecular formula is C16H19NO3. The maximum atomic E-state index is 11.2. The van der Waals surface area contributed by atoms with Gasteiger partial charge in [-0.2, -0.15) is 0 Å². The number of hydrogen-bond acceptors (Lipinski definition) is 2. The van der Waals surface area contributed by atoms with Crippen molar-refractivity contribution in [3.8, 4) is 0 Å². The number of aryl methyl sites for hydroxylation is 1. The molecule has 0 amide bonds. The fourth-order valence-electron chi connectivity index (χ4n) is 3.21. The van der Waals surface area contributed by atoms with Crippen LogP contribution in [0.2, 0.25) is 0 Å². The molecule has 20 heavy (non-hydrogen) atoms. The number of benzene rings is 1. The summed E-state index contributed by atoms with van der Waals surface area (Å²) in [4.78, 5) is 14.6. The van der Waals surface area contributed by atoms with Crippen molar-refractivity contribution < 1.29 is 14.6 Å². The Balaban J connectivity index is 2.27. The molecule has 1 aromatic carbocycles. The Morgan fingerprint density at radius 2 is 2.30 bits per heavy atom. The van der Waals surface area contributed by atoms with Crippen LogP contribution in [-0.4, -0.2) is 22.7 Å². The van der Waals surface area contributed by atoms with Crippen molar-refractivity contribution in [3.63, 3.8) is 0 Å². The zero-order valence-electron chi connectivity index (χ0n) is 12.0. The number of ether oxygens (including phenoxy) is 1. The molecule has 0 fully saturated rings. The van der Waals surface area contributed by atoms with Crippen LogP contribution >= 0.6 is 0 Å². The number of nitrogens with one attached hydrogen (secondary N) is 1. The summed E-state index contributed by atoms with van der Waals surface area (Å²) in [5.41, 5.74) is 3.61. The fraction of sp³-hybridized carbons (Fsp3) is 0.438. The summed E-state index contributed by atoms with van der Waals surface area (Å²) in [5.74, 6) is -0.578. The first-order valence-electron chi connectivity index (χ1n) is 6.90. The number of aromatic amines is 1. The van der Waals surface area contributed by atoms with Crippen LogP contribution in [0.5, 0.6) is 0 Å². The van der Waals surface area contributed by atoms with Crippen molar-refractivity contribution in [1.82, 2.24) is 4.98 Å². The first-order valence-corrected chi connectivity index (χ1v) is 6.90. The third-order valence-corrected chi connectivity index (χ3v) is 4.24. The Bertz CT molecular complexity index is 688. The Kier molecular flexibility index (Phi) is 2.87. The van der Waals surface area contributed by atoms with Crippen molar-refractivity contribution >= 4 is 16.9 Å². The predicted molar refractivity (Wildman–Crippen MR) is 77.0 cm³/mol. The molecule has 0 radical (unpaired) electrons. The molecule has 1 aliphatic rings. The van der Waals surface area contributed by atoms with Crippen molar-refractivity contribution in [2.45, 2.75) is 38.7 Å². The Labute approximate surface area is 117 Å². The summed E-state index contributed by atoms with van der Waals surface area (Å²) < 4.78 is 5.87. The van der Waals surface area contributed by atoms with Crippen LogP contribution in [0.4, 0.5) is 0 Å². The number of hydrogen-bond donors (Lipinski definition) is 2. The lowest BCUT2D eigenvalue weighted by atomic mass is 9.85. The lowest BCUT2D eigenvalue weighted by Gasteiger charge is -2.35. The van der Waals surface area contributed by atoms with Crippen LogP contribution in [0.15, 0.2) is 18.2 Å². The number of para-hydroxylation sites is 1. The van der Waals surface area contributed by atoms with Crippen LogP contribution in [0, 0.1) is 6.92 Å². The summed E-state index contributed by atoms with van der Waals surface area (Å²) in [6, 6.07) is 6.20. The molecule has 0 saturated heterocycles. The van der Waals surface area contributed by atoms with Gasteiger partial charge < -0.3 is 14.8 Å². The first kappa shape index (κ1) is 13.2. The quantitative estimate of drug-likeness (QED) is 0.882. The van der Waals surface area contributed by atoms with E-state index in [-0.39, 0.29) is 12.3 Å². The summed E-state index contributed by atoms with van der Waals surface area (Å²) in [6.45, 7) is 6.59. The zero-order valence-corrected chi connectivity index (χ0v) is 12.0. The van der Waals surface area contributed by atoms with Gasteiger partial charge in [-0.15, -0.1) is 0 Å². The van der Waals surface area contributed by atoms with Crippen molar-refractivity contribution in [3.05, 3.63) is 35.0 Å². The topological polar surface area (TPSA) is 62.3 Å². The number of fused-ring (bicyclic) bond motifs is 3. The molecule has 2 unspecified atom stereocenters. The highest BCUT2D eigenvalue weighted by atomic mass is 16.5. The molecule has 4 heteroatoms. The average Bonchev–Trinajstić information content (AvgIpc) is 2.76. The Hall–Kier alpha value is -1.81. The minimum absolute atomic E-state index is 0.0292. The van der Waals surface area contributed by atoms with Gasteiger partial charge in [-0.25, -0.2) is 0 Å². The van der Waals surface area contributed by atoms with E-state index in [0.717, 1.165) is 11.2 Å². The Morgan fingerprint density at radius 3 is 3.00 bits per heavy atom. The van der Waals surface area contributed by atoms with Gasteiger partial charge in [0.2, 0.25) is 0 Å². The summed E-state index contributed by atoms with van der Waals surface area (Å²) in [5, 5.41) is 10.3. The molecule has 1 aliphatic heterocycles. The van der Waals surface area contributed by atoms with Gasteiger partial charge in [-0.1, -0.05) is 25.1 Å². The molecule has 0 bridgehead atoms. The second-order valence-electron chi connectivity index (χ2n) is 5.92. The molecule has 0 aliphatic carbocycles. The van der Waals surface area contributed by atoms with Gasteiger partial charge in [-0.3, -0.25) is 4.79 Å². The van der Waals surface area contributed by atoms with Gasteiger partial charge in [0.15, 0.2) is 0 Å². The Morgan fingerprint density at radius 1 is 1.55 bits per heavy atom. The second kappa shape index (κ2) is 4.35. The summed E-state index contributed by atoms with van der Waals surface area (Å²) in [7, 11) is 0. The molecular weight excluding hydrogens is 254 g/mol. The highest BCUT2D eigenvalue weighted by Gasteiger charge is 2.40. The normalized spacial score (nSPS) is 25.6. The average molecular weight is 273 g/mol. The molecule has 2 N–H and O–H groups in total. The van der Waals surface area contributed by atoms with E-state index in [1.165, 1.54) is 16.5 Å². The number of carboxylic acid groups (broad SMARTS) is 1. The minimum Gasteiger partial charge on any atom is -0.481 e. The van der Waals surface area contributed by atoms with Crippen LogP contribution in [0.25, 0.3) is 10.9 Å². The largest absolute Gasteiger partial charge is 0.481 e. The predicted octanol–water partition coefficient (Wildman–Crippen LogP) is 3.30. The van der Waals surface area contributed by atoms with E-state index in [1.807, 2.05) is 13.0 Å². The lowest BCUT2D eigenvalue weighted by molar-refractivity contribution is -0.147. The molecule has 0 spiro atoms. The zero-order chi connectivity index (χ0) is 14.5. The lowest BCUT2D eigenvalue weighted by Crippen LogP contribution is -2.36. The summed E-state index contributed by atoms with van der Waals surface area (Å²) >= 11 is 0. The molecule has 1 aromatic heterocycles. The third kappa shape index (κ3) is 1.83. The molecule has 2 atom stereocenters. The van der Waals surface area contributed by atoms with Gasteiger partial charge in [0.25, 0.3) is 0 Å². The van der Waals surface area contributed by atoms with E-state index in [9.17, 15) is 4.79 Å². The van der Waals surface area contributed by atoms with Gasteiger partial charge in [0.05, 0.1) is 18.7 Å². The number of carbonyl (C=O) groups is 1. The van der Waals surface area contributed by atoms with Crippen molar-refractivity contribution in [2.24, 2.45) is 0 Å². The third-order valence-electron chi connectivity index (χ3n) is 4.24. The standard InChI is InChI=1S/C16H19NO3/c1-9-5-4-6-11-13-10(2)8-20-16(3,7-12(18)19)15(13)17-14(9)11/h4-6,10,17H,7-8H2,1-3H3,(H,18,19). The van der Waals surface area contributed by atoms with Crippen LogP contribution in [0.1, 0.15) is 43.0 Å². The number of carboxylic acids is 1. The number of rotatable bonds is 2. The van der Waals surface area contributed by atoms with Crippen LogP contribution < -0.4 is 0 Å². The van der Waals surface area contributed by atoms with E-state index in [4.69, 9.17) is 9.84 Å². The van der Waals surface area contributed by atoms with Gasteiger partial charge in [0.1, 0.15) is 5.60 Å². The molecule has 2 heterocycles. The summed E-state index contributed by atoms with van der Waals surface area (Å²) in [6.07, 6.45) is -0.0292. The van der Waals surface area contributed by atoms with E-state index < -0.39 is 11.6 Å². The monoisotopic (exact) mass is 273 g/mol. The molecule has 4 nitrogen and oxygen atoms in total. The minimum atomic E-state index is -0.844. The maximum Gasteiger partial charge on any atom is 0.306 e. The van der Waals surface area contributed by atoms with E-state index in [0.29, 0.717) is 6.61 Å². The number of H-pyrrole nitrogens is 1.